The molecule has 1 amide bonds. The smallest absolute Gasteiger partial charge is 0.329 e. The molecular formula is C12H16N2O3S. The number of thioether (sulfide) groups is 1. The number of hydrogen-bond acceptors (Lipinski definition) is 5. The molecule has 0 radical (unpaired) electrons. The molecule has 18 heavy (non-hydrogen) atoms. The van der Waals surface area contributed by atoms with Gasteiger partial charge in [0, 0.05) is 23.3 Å². The molecule has 0 aliphatic rings. The monoisotopic (exact) mass is 268 g/mol. The van der Waals surface area contributed by atoms with Gasteiger partial charge in [0.05, 0.1) is 7.11 Å². The van der Waals surface area contributed by atoms with Crippen LogP contribution in [-0.4, -0.2) is 30.8 Å². The van der Waals surface area contributed by atoms with Gasteiger partial charge in [0.1, 0.15) is 6.04 Å². The fourth-order valence-electron chi connectivity index (χ4n) is 1.34. The largest absolute Gasteiger partial charge is 0.467 e. The normalized spacial score (nSPS) is 11.7. The van der Waals surface area contributed by atoms with Crippen LogP contribution in [0.4, 0.5) is 5.69 Å². The van der Waals surface area contributed by atoms with Crippen molar-refractivity contribution in [2.24, 2.45) is 0 Å². The molecule has 0 spiro atoms. The molecule has 1 unspecified atom stereocenters. The first-order valence-corrected chi connectivity index (χ1v) is 6.34. The number of nitrogen functional groups attached to an aromatic ring is 1. The fourth-order valence-corrected chi connectivity index (χ4v) is 2.31. The Morgan fingerprint density at radius 1 is 1.50 bits per heavy atom. The number of benzene rings is 1. The Morgan fingerprint density at radius 3 is 2.78 bits per heavy atom. The van der Waals surface area contributed by atoms with Gasteiger partial charge in [0.25, 0.3) is 0 Å². The summed E-state index contributed by atoms with van der Waals surface area (Å²) in [6.07, 6.45) is 0. The van der Waals surface area contributed by atoms with Crippen LogP contribution in [0.25, 0.3) is 0 Å². The van der Waals surface area contributed by atoms with Crippen LogP contribution >= 0.6 is 11.8 Å². The van der Waals surface area contributed by atoms with Crippen LogP contribution in [0.2, 0.25) is 0 Å². The zero-order valence-electron chi connectivity index (χ0n) is 10.3. The SMILES string of the molecule is COC(=O)C(CSc1cccc(N)c1)NC(C)=O. The minimum Gasteiger partial charge on any atom is -0.467 e. The maximum absolute atomic E-state index is 11.5. The summed E-state index contributed by atoms with van der Waals surface area (Å²) in [7, 11) is 1.29. The number of rotatable bonds is 5. The van der Waals surface area contributed by atoms with Crippen molar-refractivity contribution in [3.8, 4) is 0 Å². The quantitative estimate of drug-likeness (QED) is 0.474. The molecule has 1 atom stereocenters. The van der Waals surface area contributed by atoms with Crippen LogP contribution in [0.15, 0.2) is 29.2 Å². The molecule has 0 aromatic heterocycles. The molecule has 0 saturated heterocycles. The number of esters is 1. The molecule has 3 N–H and O–H groups in total. The zero-order chi connectivity index (χ0) is 13.5. The second-order valence-corrected chi connectivity index (χ2v) is 4.75. The van der Waals surface area contributed by atoms with Crippen molar-refractivity contribution in [2.45, 2.75) is 17.9 Å². The molecule has 1 aromatic carbocycles. The highest BCUT2D eigenvalue weighted by Gasteiger charge is 2.20. The van der Waals surface area contributed by atoms with Crippen molar-refractivity contribution in [1.29, 1.82) is 0 Å². The summed E-state index contributed by atoms with van der Waals surface area (Å²) in [5.41, 5.74) is 6.32. The van der Waals surface area contributed by atoms with E-state index in [4.69, 9.17) is 5.73 Å². The number of hydrogen-bond donors (Lipinski definition) is 2. The Balaban J connectivity index is 2.61. The van der Waals surface area contributed by atoms with Gasteiger partial charge in [0.2, 0.25) is 5.91 Å². The van der Waals surface area contributed by atoms with Gasteiger partial charge in [-0.2, -0.15) is 0 Å². The molecule has 0 heterocycles. The fraction of sp³-hybridized carbons (Fsp3) is 0.333. The summed E-state index contributed by atoms with van der Waals surface area (Å²) in [5, 5.41) is 2.55. The molecule has 0 aliphatic heterocycles. The number of carbonyl (C=O) groups is 2. The number of nitrogens with one attached hydrogen (secondary N) is 1. The lowest BCUT2D eigenvalue weighted by molar-refractivity contribution is -0.144. The number of anilines is 1. The molecule has 0 bridgehead atoms. The Kier molecular flexibility index (Phi) is 5.51. The number of nitrogens with two attached hydrogens (primary N) is 1. The van der Waals surface area contributed by atoms with Gasteiger partial charge in [-0.3, -0.25) is 4.79 Å². The van der Waals surface area contributed by atoms with Crippen LogP contribution in [0.5, 0.6) is 0 Å². The molecule has 1 rings (SSSR count). The predicted octanol–water partition coefficient (Wildman–Crippen LogP) is 1.04. The Labute approximate surface area is 110 Å². The van der Waals surface area contributed by atoms with E-state index in [-0.39, 0.29) is 5.91 Å². The Bertz CT molecular complexity index is 437. The van der Waals surface area contributed by atoms with Gasteiger partial charge < -0.3 is 15.8 Å². The first-order valence-electron chi connectivity index (χ1n) is 5.36. The summed E-state index contributed by atoms with van der Waals surface area (Å²) < 4.78 is 4.63. The first-order chi connectivity index (χ1) is 8.52. The van der Waals surface area contributed by atoms with E-state index in [1.807, 2.05) is 18.2 Å². The molecule has 0 fully saturated rings. The minimum atomic E-state index is -0.654. The number of ether oxygens (including phenoxy) is 1. The van der Waals surface area contributed by atoms with Crippen molar-refractivity contribution in [3.05, 3.63) is 24.3 Å². The maximum atomic E-state index is 11.5. The van der Waals surface area contributed by atoms with Crippen molar-refractivity contribution in [3.63, 3.8) is 0 Å². The lowest BCUT2D eigenvalue weighted by Gasteiger charge is -2.14. The Morgan fingerprint density at radius 2 is 2.22 bits per heavy atom. The second-order valence-electron chi connectivity index (χ2n) is 3.66. The van der Waals surface area contributed by atoms with Gasteiger partial charge in [-0.25, -0.2) is 4.79 Å². The van der Waals surface area contributed by atoms with E-state index in [1.165, 1.54) is 25.8 Å². The average molecular weight is 268 g/mol. The van der Waals surface area contributed by atoms with Crippen LogP contribution < -0.4 is 11.1 Å². The number of amides is 1. The van der Waals surface area contributed by atoms with Gasteiger partial charge in [-0.1, -0.05) is 6.07 Å². The number of methoxy groups -OCH3 is 1. The molecule has 0 aliphatic carbocycles. The highest BCUT2D eigenvalue weighted by molar-refractivity contribution is 7.99. The number of carbonyl (C=O) groups excluding carboxylic acids is 2. The van der Waals surface area contributed by atoms with Gasteiger partial charge >= 0.3 is 5.97 Å². The van der Waals surface area contributed by atoms with Gasteiger partial charge in [-0.15, -0.1) is 11.8 Å². The summed E-state index contributed by atoms with van der Waals surface area (Å²) in [4.78, 5) is 23.4. The van der Waals surface area contributed by atoms with E-state index in [9.17, 15) is 9.59 Å². The van der Waals surface area contributed by atoms with Crippen molar-refractivity contribution >= 4 is 29.3 Å². The van der Waals surface area contributed by atoms with E-state index in [1.54, 1.807) is 6.07 Å². The van der Waals surface area contributed by atoms with Crippen LogP contribution in [-0.2, 0) is 14.3 Å². The third-order valence-electron chi connectivity index (χ3n) is 2.14. The molecule has 98 valence electrons. The average Bonchev–Trinajstić information content (AvgIpc) is 2.33. The minimum absolute atomic E-state index is 0.265. The molecule has 0 saturated carbocycles. The van der Waals surface area contributed by atoms with Gasteiger partial charge in [0.15, 0.2) is 0 Å². The maximum Gasteiger partial charge on any atom is 0.329 e. The molecule has 1 aromatic rings. The van der Waals surface area contributed by atoms with Crippen molar-refractivity contribution in [2.75, 3.05) is 18.6 Å². The van der Waals surface area contributed by atoms with Crippen molar-refractivity contribution in [1.82, 2.24) is 5.32 Å². The van der Waals surface area contributed by atoms with E-state index in [0.717, 1.165) is 4.90 Å². The Hall–Kier alpha value is -1.69. The molecular weight excluding hydrogens is 252 g/mol. The third-order valence-corrected chi connectivity index (χ3v) is 3.23. The van der Waals surface area contributed by atoms with Gasteiger partial charge in [-0.05, 0) is 18.2 Å². The lowest BCUT2D eigenvalue weighted by atomic mass is 10.3. The lowest BCUT2D eigenvalue weighted by Crippen LogP contribution is -2.42. The summed E-state index contributed by atoms with van der Waals surface area (Å²) in [5.74, 6) is -0.324. The third kappa shape index (κ3) is 4.67. The van der Waals surface area contributed by atoms with Crippen molar-refractivity contribution < 1.29 is 14.3 Å². The van der Waals surface area contributed by atoms with Crippen LogP contribution in [0, 0.1) is 0 Å². The molecule has 5 nitrogen and oxygen atoms in total. The topological polar surface area (TPSA) is 81.4 Å². The molecule has 6 heteroatoms. The second kappa shape index (κ2) is 6.90. The van der Waals surface area contributed by atoms with E-state index in [0.29, 0.717) is 11.4 Å². The summed E-state index contributed by atoms with van der Waals surface area (Å²) >= 11 is 1.43. The highest BCUT2D eigenvalue weighted by atomic mass is 32.2. The zero-order valence-corrected chi connectivity index (χ0v) is 11.1. The summed E-state index contributed by atoms with van der Waals surface area (Å²) in [6.45, 7) is 1.36. The predicted molar refractivity (Wildman–Crippen MR) is 71.2 cm³/mol. The highest BCUT2D eigenvalue weighted by Crippen LogP contribution is 2.21. The van der Waals surface area contributed by atoms with E-state index < -0.39 is 12.0 Å². The first kappa shape index (κ1) is 14.4. The van der Waals surface area contributed by atoms with E-state index in [2.05, 4.69) is 10.1 Å². The van der Waals surface area contributed by atoms with Crippen LogP contribution in [0.1, 0.15) is 6.92 Å². The van der Waals surface area contributed by atoms with Crippen LogP contribution in [0.3, 0.4) is 0 Å². The standard InChI is InChI=1S/C12H16N2O3S/c1-8(15)14-11(12(16)17-2)7-18-10-5-3-4-9(13)6-10/h3-6,11H,7,13H2,1-2H3,(H,14,15). The van der Waals surface area contributed by atoms with E-state index >= 15 is 0 Å². The summed E-state index contributed by atoms with van der Waals surface area (Å²) in [6, 6.07) is 6.67.